The van der Waals surface area contributed by atoms with Crippen molar-refractivity contribution in [2.24, 2.45) is 0 Å². The topological polar surface area (TPSA) is 51.8 Å². The predicted molar refractivity (Wildman–Crippen MR) is 45.5 cm³/mol. The highest BCUT2D eigenvalue weighted by molar-refractivity contribution is 5.42. The van der Waals surface area contributed by atoms with E-state index >= 15 is 0 Å². The smallest absolute Gasteiger partial charge is 0.396 e. The van der Waals surface area contributed by atoms with E-state index in [-0.39, 0.29) is 17.3 Å². The summed E-state index contributed by atoms with van der Waals surface area (Å²) in [5.74, 6) is -1.30. The molecule has 0 aliphatic carbocycles. The van der Waals surface area contributed by atoms with Crippen LogP contribution in [-0.4, -0.2) is 9.97 Å². The summed E-state index contributed by atoms with van der Waals surface area (Å²) in [5.41, 5.74) is 5.86. The van der Waals surface area contributed by atoms with Gasteiger partial charge in [0.25, 0.3) is 0 Å². The van der Waals surface area contributed by atoms with E-state index in [4.69, 9.17) is 5.73 Å². The van der Waals surface area contributed by atoms with Crippen molar-refractivity contribution in [3.63, 3.8) is 0 Å². The van der Waals surface area contributed by atoms with E-state index in [1.807, 2.05) is 0 Å². The third-order valence-corrected chi connectivity index (χ3v) is 1.65. The van der Waals surface area contributed by atoms with Gasteiger partial charge in [-0.25, -0.2) is 9.97 Å². The van der Waals surface area contributed by atoms with Gasteiger partial charge in [0, 0.05) is 0 Å². The number of aromatic nitrogens is 2. The Labute approximate surface area is 79.2 Å². The lowest BCUT2D eigenvalue weighted by Gasteiger charge is -2.10. The van der Waals surface area contributed by atoms with Gasteiger partial charge in [0.05, 0.1) is 17.6 Å². The van der Waals surface area contributed by atoms with Crippen molar-refractivity contribution in [2.75, 3.05) is 5.73 Å². The molecule has 0 saturated carbocycles. The Balaban J connectivity index is 3.20. The first kappa shape index (κ1) is 10.7. The van der Waals surface area contributed by atoms with Crippen LogP contribution >= 0.6 is 0 Å². The first-order valence-corrected chi connectivity index (χ1v) is 4.02. The van der Waals surface area contributed by atoms with Gasteiger partial charge in [-0.05, 0) is 5.92 Å². The van der Waals surface area contributed by atoms with Crippen molar-refractivity contribution in [2.45, 2.75) is 25.9 Å². The molecular weight excluding hydrogens is 195 g/mol. The molecule has 0 unspecified atom stereocenters. The Hall–Kier alpha value is -1.33. The second-order valence-corrected chi connectivity index (χ2v) is 3.19. The Morgan fingerprint density at radius 3 is 2.36 bits per heavy atom. The van der Waals surface area contributed by atoms with E-state index in [1.165, 1.54) is 0 Å². The van der Waals surface area contributed by atoms with Gasteiger partial charge in [0.1, 0.15) is 0 Å². The number of halogens is 3. The second-order valence-electron chi connectivity index (χ2n) is 3.19. The van der Waals surface area contributed by atoms with Crippen molar-refractivity contribution >= 4 is 5.69 Å². The molecule has 6 heteroatoms. The first-order valence-electron chi connectivity index (χ1n) is 4.02. The van der Waals surface area contributed by atoms with E-state index in [0.717, 1.165) is 6.20 Å². The third-order valence-electron chi connectivity index (χ3n) is 1.65. The third kappa shape index (κ3) is 2.12. The summed E-state index contributed by atoms with van der Waals surface area (Å²) in [4.78, 5) is 6.51. The number of nitrogens with zero attached hydrogens (tertiary/aromatic N) is 2. The van der Waals surface area contributed by atoms with Gasteiger partial charge in [-0.2, -0.15) is 13.2 Å². The summed E-state index contributed by atoms with van der Waals surface area (Å²) in [7, 11) is 0. The Morgan fingerprint density at radius 2 is 1.93 bits per heavy atom. The van der Waals surface area contributed by atoms with Crippen LogP contribution in [0.5, 0.6) is 0 Å². The average Bonchev–Trinajstić information content (AvgIpc) is 2.02. The molecule has 0 aliphatic rings. The molecule has 0 aliphatic heterocycles. The minimum Gasteiger partial charge on any atom is -0.396 e. The lowest BCUT2D eigenvalue weighted by Crippen LogP contribution is -2.14. The molecule has 1 rings (SSSR count). The van der Waals surface area contributed by atoms with E-state index in [1.54, 1.807) is 13.8 Å². The van der Waals surface area contributed by atoms with Gasteiger partial charge in [0.15, 0.2) is 0 Å². The van der Waals surface area contributed by atoms with Gasteiger partial charge in [-0.3, -0.25) is 0 Å². The zero-order chi connectivity index (χ0) is 10.9. The fourth-order valence-corrected chi connectivity index (χ4v) is 1.00. The van der Waals surface area contributed by atoms with Crippen LogP contribution in [-0.2, 0) is 6.18 Å². The molecule has 0 saturated heterocycles. The summed E-state index contributed by atoms with van der Waals surface area (Å²) >= 11 is 0. The van der Waals surface area contributed by atoms with Gasteiger partial charge in [-0.1, -0.05) is 13.8 Å². The van der Waals surface area contributed by atoms with Crippen LogP contribution in [0.2, 0.25) is 0 Å². The van der Waals surface area contributed by atoms with Gasteiger partial charge in [-0.15, -0.1) is 0 Å². The molecule has 1 aromatic heterocycles. The summed E-state index contributed by atoms with van der Waals surface area (Å²) in [6.45, 7) is 3.44. The SMILES string of the molecule is CC(C)c1nc(C(F)(F)F)ncc1N. The Kier molecular flexibility index (Phi) is 2.64. The molecule has 0 aromatic carbocycles. The fraction of sp³-hybridized carbons (Fsp3) is 0.500. The van der Waals surface area contributed by atoms with Crippen LogP contribution in [0.15, 0.2) is 6.20 Å². The molecule has 0 fully saturated rings. The van der Waals surface area contributed by atoms with Crippen LogP contribution in [0.4, 0.5) is 18.9 Å². The van der Waals surface area contributed by atoms with Gasteiger partial charge >= 0.3 is 6.18 Å². The molecule has 1 heterocycles. The molecular formula is C8H10F3N3. The van der Waals surface area contributed by atoms with Crippen LogP contribution in [0.3, 0.4) is 0 Å². The summed E-state index contributed by atoms with van der Waals surface area (Å²) in [6, 6.07) is 0. The molecule has 14 heavy (non-hydrogen) atoms. The maximum absolute atomic E-state index is 12.2. The monoisotopic (exact) mass is 205 g/mol. The summed E-state index contributed by atoms with van der Waals surface area (Å²) < 4.78 is 36.6. The van der Waals surface area contributed by atoms with E-state index in [9.17, 15) is 13.2 Å². The molecule has 0 amide bonds. The maximum atomic E-state index is 12.2. The normalized spacial score (nSPS) is 12.1. The van der Waals surface area contributed by atoms with Gasteiger partial charge in [0.2, 0.25) is 5.82 Å². The van der Waals surface area contributed by atoms with Gasteiger partial charge < -0.3 is 5.73 Å². The zero-order valence-electron chi connectivity index (χ0n) is 7.76. The standard InChI is InChI=1S/C8H10F3N3/c1-4(2)6-5(12)3-13-7(14-6)8(9,10)11/h3-4H,12H2,1-2H3. The van der Waals surface area contributed by atoms with E-state index < -0.39 is 12.0 Å². The molecule has 3 nitrogen and oxygen atoms in total. The Bertz CT molecular complexity index is 333. The minimum atomic E-state index is -4.52. The van der Waals surface area contributed by atoms with Crippen molar-refractivity contribution in [1.82, 2.24) is 9.97 Å². The van der Waals surface area contributed by atoms with Crippen LogP contribution in [0, 0.1) is 0 Å². The highest BCUT2D eigenvalue weighted by Crippen LogP contribution is 2.28. The molecule has 1 aromatic rings. The predicted octanol–water partition coefficient (Wildman–Crippen LogP) is 2.20. The lowest BCUT2D eigenvalue weighted by molar-refractivity contribution is -0.145. The average molecular weight is 205 g/mol. The summed E-state index contributed by atoms with van der Waals surface area (Å²) in [5, 5.41) is 0. The highest BCUT2D eigenvalue weighted by Gasteiger charge is 2.35. The number of hydrogen-bond donors (Lipinski definition) is 1. The number of nitrogen functional groups attached to an aromatic ring is 1. The maximum Gasteiger partial charge on any atom is 0.451 e. The quantitative estimate of drug-likeness (QED) is 0.764. The molecule has 0 spiro atoms. The lowest BCUT2D eigenvalue weighted by atomic mass is 10.1. The van der Waals surface area contributed by atoms with Crippen molar-refractivity contribution in [3.05, 3.63) is 17.7 Å². The van der Waals surface area contributed by atoms with Crippen molar-refractivity contribution < 1.29 is 13.2 Å². The minimum absolute atomic E-state index is 0.154. The first-order chi connectivity index (χ1) is 6.32. The molecule has 78 valence electrons. The molecule has 0 radical (unpaired) electrons. The van der Waals surface area contributed by atoms with E-state index in [2.05, 4.69) is 9.97 Å². The number of alkyl halides is 3. The number of hydrogen-bond acceptors (Lipinski definition) is 3. The van der Waals surface area contributed by atoms with Crippen LogP contribution in [0.25, 0.3) is 0 Å². The van der Waals surface area contributed by atoms with E-state index in [0.29, 0.717) is 0 Å². The number of nitrogens with two attached hydrogens (primary N) is 1. The van der Waals surface area contributed by atoms with Crippen LogP contribution in [0.1, 0.15) is 31.3 Å². The van der Waals surface area contributed by atoms with Crippen molar-refractivity contribution in [1.29, 1.82) is 0 Å². The van der Waals surface area contributed by atoms with Crippen LogP contribution < -0.4 is 5.73 Å². The highest BCUT2D eigenvalue weighted by atomic mass is 19.4. The van der Waals surface area contributed by atoms with Crippen molar-refractivity contribution in [3.8, 4) is 0 Å². The largest absolute Gasteiger partial charge is 0.451 e. The zero-order valence-corrected chi connectivity index (χ0v) is 7.76. The second kappa shape index (κ2) is 3.43. The molecule has 0 bridgehead atoms. The number of anilines is 1. The molecule has 0 atom stereocenters. The molecule has 2 N–H and O–H groups in total. The summed E-state index contributed by atoms with van der Waals surface area (Å²) in [6.07, 6.45) is -3.53. The Morgan fingerprint density at radius 1 is 1.36 bits per heavy atom. The fourth-order valence-electron chi connectivity index (χ4n) is 1.00. The number of rotatable bonds is 1.